The number of rotatable bonds is 5. The molecule has 2 atom stereocenters. The van der Waals surface area contributed by atoms with Crippen molar-refractivity contribution in [3.63, 3.8) is 0 Å². The molecule has 1 fully saturated rings. The molecule has 0 spiro atoms. The first kappa shape index (κ1) is 14.8. The topological polar surface area (TPSA) is 12.0 Å². The molecule has 2 rings (SSSR count). The van der Waals surface area contributed by atoms with Gasteiger partial charge in [-0.25, -0.2) is 8.78 Å². The lowest BCUT2D eigenvalue weighted by Gasteiger charge is -2.32. The lowest BCUT2D eigenvalue weighted by Crippen LogP contribution is -2.40. The van der Waals surface area contributed by atoms with E-state index in [0.717, 1.165) is 24.3 Å². The van der Waals surface area contributed by atoms with Crippen LogP contribution in [0.15, 0.2) is 23.1 Å². The maximum absolute atomic E-state index is 13.2. The third kappa shape index (κ3) is 4.18. The number of hydrogen-bond donors (Lipinski definition) is 1. The zero-order valence-electron chi connectivity index (χ0n) is 11.3. The van der Waals surface area contributed by atoms with Crippen molar-refractivity contribution < 1.29 is 8.78 Å². The van der Waals surface area contributed by atoms with Gasteiger partial charge >= 0.3 is 0 Å². The van der Waals surface area contributed by atoms with E-state index in [1.54, 1.807) is 17.8 Å². The van der Waals surface area contributed by atoms with Gasteiger partial charge in [-0.15, -0.1) is 11.8 Å². The quantitative estimate of drug-likeness (QED) is 0.862. The minimum Gasteiger partial charge on any atom is -0.313 e. The maximum atomic E-state index is 13.2. The Labute approximate surface area is 118 Å². The molecule has 1 aliphatic rings. The fourth-order valence-corrected chi connectivity index (χ4v) is 3.87. The summed E-state index contributed by atoms with van der Waals surface area (Å²) < 4.78 is 26.2. The van der Waals surface area contributed by atoms with Crippen LogP contribution in [-0.4, -0.2) is 17.8 Å². The minimum absolute atomic E-state index is 0.463. The highest BCUT2D eigenvalue weighted by atomic mass is 32.2. The van der Waals surface area contributed by atoms with Gasteiger partial charge in [0.05, 0.1) is 0 Å². The molecule has 0 heterocycles. The Morgan fingerprint density at radius 3 is 2.74 bits per heavy atom. The van der Waals surface area contributed by atoms with Crippen molar-refractivity contribution in [2.75, 3.05) is 6.54 Å². The lowest BCUT2D eigenvalue weighted by atomic mass is 9.95. The van der Waals surface area contributed by atoms with Crippen LogP contribution in [0.2, 0.25) is 0 Å². The van der Waals surface area contributed by atoms with E-state index in [0.29, 0.717) is 11.3 Å². The van der Waals surface area contributed by atoms with Gasteiger partial charge in [0.1, 0.15) is 0 Å². The highest BCUT2D eigenvalue weighted by molar-refractivity contribution is 8.00. The number of hydrogen-bond acceptors (Lipinski definition) is 2. The molecule has 1 N–H and O–H groups in total. The summed E-state index contributed by atoms with van der Waals surface area (Å²) in [5.74, 6) is -1.52. The second-order valence-electron chi connectivity index (χ2n) is 5.08. The van der Waals surface area contributed by atoms with Crippen LogP contribution in [0.1, 0.15) is 39.0 Å². The summed E-state index contributed by atoms with van der Waals surface area (Å²) >= 11 is 1.68. The Balaban J connectivity index is 1.99. The van der Waals surface area contributed by atoms with Gasteiger partial charge in [-0.05, 0) is 44.0 Å². The predicted octanol–water partition coefficient (Wildman–Crippen LogP) is 4.37. The molecular weight excluding hydrogens is 264 g/mol. The molecule has 0 bridgehead atoms. The van der Waals surface area contributed by atoms with Crippen LogP contribution >= 0.6 is 11.8 Å². The summed E-state index contributed by atoms with van der Waals surface area (Å²) in [6.45, 7) is 3.19. The summed E-state index contributed by atoms with van der Waals surface area (Å²) in [7, 11) is 0. The molecule has 0 radical (unpaired) electrons. The second kappa shape index (κ2) is 7.25. The van der Waals surface area contributed by atoms with Gasteiger partial charge in [0.2, 0.25) is 0 Å². The normalized spacial score (nSPS) is 23.5. The van der Waals surface area contributed by atoms with Gasteiger partial charge in [0.15, 0.2) is 11.6 Å². The van der Waals surface area contributed by atoms with Gasteiger partial charge in [-0.3, -0.25) is 0 Å². The monoisotopic (exact) mass is 285 g/mol. The van der Waals surface area contributed by atoms with E-state index in [4.69, 9.17) is 0 Å². The van der Waals surface area contributed by atoms with E-state index in [1.807, 2.05) is 0 Å². The molecule has 1 nitrogen and oxygen atoms in total. The Bertz CT molecular complexity index is 411. The van der Waals surface area contributed by atoms with Crippen LogP contribution < -0.4 is 5.32 Å². The highest BCUT2D eigenvalue weighted by Gasteiger charge is 2.25. The molecule has 2 unspecified atom stereocenters. The number of thioether (sulfide) groups is 1. The average molecular weight is 285 g/mol. The Morgan fingerprint density at radius 2 is 2.00 bits per heavy atom. The molecule has 1 aromatic rings. The van der Waals surface area contributed by atoms with Crippen LogP contribution in [0.4, 0.5) is 8.78 Å². The number of halogens is 2. The molecule has 0 amide bonds. The van der Waals surface area contributed by atoms with Crippen molar-refractivity contribution in [1.29, 1.82) is 0 Å². The SMILES string of the molecule is CCCNC1CCCCC1Sc1ccc(F)c(F)c1. The van der Waals surface area contributed by atoms with Crippen LogP contribution in [0, 0.1) is 11.6 Å². The van der Waals surface area contributed by atoms with E-state index in [-0.39, 0.29) is 0 Å². The van der Waals surface area contributed by atoms with Crippen molar-refractivity contribution >= 4 is 11.8 Å². The predicted molar refractivity (Wildman–Crippen MR) is 76.6 cm³/mol. The van der Waals surface area contributed by atoms with Gasteiger partial charge in [0, 0.05) is 16.2 Å². The molecule has 1 aromatic carbocycles. The first-order chi connectivity index (χ1) is 9.20. The first-order valence-electron chi connectivity index (χ1n) is 7.05. The van der Waals surface area contributed by atoms with Crippen LogP contribution in [0.25, 0.3) is 0 Å². The molecule has 4 heteroatoms. The maximum Gasteiger partial charge on any atom is 0.159 e. The van der Waals surface area contributed by atoms with E-state index in [1.165, 1.54) is 31.4 Å². The lowest BCUT2D eigenvalue weighted by molar-refractivity contribution is 0.384. The molecule has 1 aliphatic carbocycles. The summed E-state index contributed by atoms with van der Waals surface area (Å²) in [6.07, 6.45) is 5.94. The largest absolute Gasteiger partial charge is 0.313 e. The summed E-state index contributed by atoms with van der Waals surface area (Å²) in [6, 6.07) is 4.70. The third-order valence-corrected chi connectivity index (χ3v) is 4.93. The molecule has 0 aliphatic heterocycles. The standard InChI is InChI=1S/C15H21F2NS/c1-2-9-18-14-5-3-4-6-15(14)19-11-7-8-12(16)13(17)10-11/h7-8,10,14-15,18H,2-6,9H2,1H3. The van der Waals surface area contributed by atoms with Crippen LogP contribution in [0.5, 0.6) is 0 Å². The first-order valence-corrected chi connectivity index (χ1v) is 7.93. The minimum atomic E-state index is -0.770. The van der Waals surface area contributed by atoms with E-state index < -0.39 is 11.6 Å². The van der Waals surface area contributed by atoms with Gasteiger partial charge in [-0.1, -0.05) is 19.8 Å². The van der Waals surface area contributed by atoms with Crippen molar-refractivity contribution in [3.8, 4) is 0 Å². The highest BCUT2D eigenvalue weighted by Crippen LogP contribution is 2.34. The molecule has 106 valence electrons. The Morgan fingerprint density at radius 1 is 1.21 bits per heavy atom. The van der Waals surface area contributed by atoms with Gasteiger partial charge in [0.25, 0.3) is 0 Å². The van der Waals surface area contributed by atoms with E-state index in [9.17, 15) is 8.78 Å². The van der Waals surface area contributed by atoms with Gasteiger partial charge < -0.3 is 5.32 Å². The Kier molecular flexibility index (Phi) is 5.64. The van der Waals surface area contributed by atoms with Crippen molar-refractivity contribution in [3.05, 3.63) is 29.8 Å². The van der Waals surface area contributed by atoms with Crippen molar-refractivity contribution in [1.82, 2.24) is 5.32 Å². The van der Waals surface area contributed by atoms with Crippen molar-refractivity contribution in [2.24, 2.45) is 0 Å². The number of benzene rings is 1. The molecule has 19 heavy (non-hydrogen) atoms. The molecule has 1 saturated carbocycles. The number of nitrogens with one attached hydrogen (secondary N) is 1. The molecule has 0 aromatic heterocycles. The van der Waals surface area contributed by atoms with E-state index >= 15 is 0 Å². The summed E-state index contributed by atoms with van der Waals surface area (Å²) in [5.41, 5.74) is 0. The Hall–Kier alpha value is -0.610. The fraction of sp³-hybridized carbons (Fsp3) is 0.600. The molecular formula is C15H21F2NS. The summed E-state index contributed by atoms with van der Waals surface area (Å²) in [5, 5.41) is 4.04. The molecule has 0 saturated heterocycles. The summed E-state index contributed by atoms with van der Waals surface area (Å²) in [4.78, 5) is 0.828. The van der Waals surface area contributed by atoms with E-state index in [2.05, 4.69) is 12.2 Å². The zero-order chi connectivity index (χ0) is 13.7. The fourth-order valence-electron chi connectivity index (χ4n) is 2.53. The average Bonchev–Trinajstić information content (AvgIpc) is 2.42. The van der Waals surface area contributed by atoms with Gasteiger partial charge in [-0.2, -0.15) is 0 Å². The van der Waals surface area contributed by atoms with Crippen LogP contribution in [0.3, 0.4) is 0 Å². The van der Waals surface area contributed by atoms with Crippen LogP contribution in [-0.2, 0) is 0 Å². The second-order valence-corrected chi connectivity index (χ2v) is 6.39. The van der Waals surface area contributed by atoms with Crippen molar-refractivity contribution in [2.45, 2.75) is 55.2 Å². The smallest absolute Gasteiger partial charge is 0.159 e. The third-order valence-electron chi connectivity index (χ3n) is 3.54. The zero-order valence-corrected chi connectivity index (χ0v) is 12.1.